The molecule has 5 fully saturated rings. The Hall–Kier alpha value is -1.50. The van der Waals surface area contributed by atoms with Gasteiger partial charge in [0.1, 0.15) is 5.60 Å². The fraction of sp³-hybridized carbons (Fsp3) is 0.900. The monoisotopic (exact) mass is 380 g/mol. The van der Waals surface area contributed by atoms with Crippen LogP contribution in [0.4, 0.5) is 9.59 Å². The standard InChI is InChI=1S/C20H32N2O5/c1-19(2,3)27-17(23)21-14-4-5-22(18(24)25)16(14)15-12-6-11-7-13(15)10-20(26,8-11)9-12/h11-16,26H,4-10H2,1-3H3,(H,21,23)(H,24,25). The molecule has 1 aliphatic heterocycles. The minimum Gasteiger partial charge on any atom is -0.465 e. The van der Waals surface area contributed by atoms with E-state index in [4.69, 9.17) is 4.74 Å². The van der Waals surface area contributed by atoms with Crippen LogP contribution in [0.1, 0.15) is 59.3 Å². The molecule has 7 nitrogen and oxygen atoms in total. The predicted octanol–water partition coefficient (Wildman–Crippen LogP) is 2.82. The van der Waals surface area contributed by atoms with Crippen LogP contribution in [0.2, 0.25) is 0 Å². The Morgan fingerprint density at radius 2 is 1.78 bits per heavy atom. The number of nitrogens with zero attached hydrogens (tertiary/aromatic N) is 1. The number of ether oxygens (including phenoxy) is 1. The molecule has 0 aromatic carbocycles. The SMILES string of the molecule is CC(C)(C)OC(=O)NC1CCN(C(=O)O)C1C1C2CC3CC1CC(O)(C3)C2. The summed E-state index contributed by atoms with van der Waals surface area (Å²) in [5.74, 6) is 1.46. The van der Waals surface area contributed by atoms with Crippen LogP contribution < -0.4 is 5.32 Å². The van der Waals surface area contributed by atoms with Gasteiger partial charge in [0.2, 0.25) is 0 Å². The van der Waals surface area contributed by atoms with Crippen molar-refractivity contribution in [3.63, 3.8) is 0 Å². The highest BCUT2D eigenvalue weighted by Crippen LogP contribution is 2.60. The van der Waals surface area contributed by atoms with Crippen molar-refractivity contribution in [1.82, 2.24) is 10.2 Å². The van der Waals surface area contributed by atoms with Crippen LogP contribution in [-0.2, 0) is 4.74 Å². The molecule has 4 saturated carbocycles. The number of rotatable bonds is 2. The van der Waals surface area contributed by atoms with Crippen molar-refractivity contribution in [2.75, 3.05) is 6.54 Å². The van der Waals surface area contributed by atoms with E-state index in [0.29, 0.717) is 30.7 Å². The number of carboxylic acid groups (broad SMARTS) is 1. The van der Waals surface area contributed by atoms with E-state index in [-0.39, 0.29) is 18.0 Å². The minimum absolute atomic E-state index is 0.209. The van der Waals surface area contributed by atoms with Gasteiger partial charge in [-0.3, -0.25) is 0 Å². The van der Waals surface area contributed by atoms with E-state index < -0.39 is 23.4 Å². The summed E-state index contributed by atoms with van der Waals surface area (Å²) in [7, 11) is 0. The van der Waals surface area contributed by atoms with Crippen molar-refractivity contribution in [2.45, 2.75) is 82.6 Å². The van der Waals surface area contributed by atoms with Crippen molar-refractivity contribution < 1.29 is 24.5 Å². The molecular weight excluding hydrogens is 348 g/mol. The molecule has 4 unspecified atom stereocenters. The van der Waals surface area contributed by atoms with Gasteiger partial charge in [-0.1, -0.05) is 0 Å². The van der Waals surface area contributed by atoms with E-state index in [0.717, 1.165) is 32.1 Å². The van der Waals surface area contributed by atoms with Gasteiger partial charge in [-0.2, -0.15) is 0 Å². The smallest absolute Gasteiger partial charge is 0.407 e. The summed E-state index contributed by atoms with van der Waals surface area (Å²) in [4.78, 5) is 25.8. The van der Waals surface area contributed by atoms with Gasteiger partial charge in [-0.05, 0) is 83.0 Å². The number of nitrogens with one attached hydrogen (secondary N) is 1. The summed E-state index contributed by atoms with van der Waals surface area (Å²) >= 11 is 0. The van der Waals surface area contributed by atoms with E-state index in [1.165, 1.54) is 4.90 Å². The molecule has 5 aliphatic rings. The maximum atomic E-state index is 12.3. The van der Waals surface area contributed by atoms with Gasteiger partial charge in [-0.25, -0.2) is 9.59 Å². The van der Waals surface area contributed by atoms with Gasteiger partial charge >= 0.3 is 12.2 Å². The highest BCUT2D eigenvalue weighted by Gasteiger charge is 2.59. The normalized spacial score (nSPS) is 43.0. The van der Waals surface area contributed by atoms with Crippen molar-refractivity contribution in [2.24, 2.45) is 23.7 Å². The van der Waals surface area contributed by atoms with Gasteiger partial charge in [-0.15, -0.1) is 0 Å². The first-order valence-electron chi connectivity index (χ1n) is 10.3. The molecule has 3 N–H and O–H groups in total. The summed E-state index contributed by atoms with van der Waals surface area (Å²) in [6.45, 7) is 5.90. The Morgan fingerprint density at radius 1 is 1.15 bits per heavy atom. The molecule has 0 aromatic heterocycles. The largest absolute Gasteiger partial charge is 0.465 e. The summed E-state index contributed by atoms with van der Waals surface area (Å²) < 4.78 is 5.41. The Morgan fingerprint density at radius 3 is 2.30 bits per heavy atom. The van der Waals surface area contributed by atoms with E-state index in [9.17, 15) is 19.8 Å². The summed E-state index contributed by atoms with van der Waals surface area (Å²) in [5.41, 5.74) is -1.13. The lowest BCUT2D eigenvalue weighted by molar-refractivity contribution is -0.163. The second-order valence-corrected chi connectivity index (χ2v) is 10.3. The van der Waals surface area contributed by atoms with Crippen molar-refractivity contribution >= 4 is 12.2 Å². The molecule has 0 aromatic rings. The number of hydrogen-bond acceptors (Lipinski definition) is 4. The molecule has 4 atom stereocenters. The maximum absolute atomic E-state index is 12.3. The number of amides is 2. The third kappa shape index (κ3) is 3.50. The Labute approximate surface area is 160 Å². The highest BCUT2D eigenvalue weighted by molar-refractivity contribution is 5.69. The van der Waals surface area contributed by atoms with Gasteiger partial charge in [0, 0.05) is 6.54 Å². The minimum atomic E-state index is -0.916. The van der Waals surface area contributed by atoms with E-state index >= 15 is 0 Å². The Kier molecular flexibility index (Phi) is 4.37. The fourth-order valence-electron chi connectivity index (χ4n) is 6.71. The molecule has 2 amide bonds. The number of carbonyl (C=O) groups excluding carboxylic acids is 1. The van der Waals surface area contributed by atoms with Crippen LogP contribution in [0.15, 0.2) is 0 Å². The summed E-state index contributed by atoms with van der Waals surface area (Å²) in [5, 5.41) is 23.6. The molecule has 4 bridgehead atoms. The second kappa shape index (κ2) is 6.26. The number of alkyl carbamates (subject to hydrolysis) is 1. The first kappa shape index (κ1) is 18.8. The van der Waals surface area contributed by atoms with Crippen molar-refractivity contribution in [3.8, 4) is 0 Å². The van der Waals surface area contributed by atoms with Gasteiger partial charge in [0.15, 0.2) is 0 Å². The van der Waals surface area contributed by atoms with Crippen LogP contribution in [0, 0.1) is 23.7 Å². The third-order valence-electron chi connectivity index (χ3n) is 7.11. The Bertz CT molecular complexity index is 614. The van der Waals surface area contributed by atoms with Gasteiger partial charge in [0.05, 0.1) is 17.7 Å². The molecule has 1 saturated heterocycles. The van der Waals surface area contributed by atoms with E-state index in [2.05, 4.69) is 5.32 Å². The zero-order valence-corrected chi connectivity index (χ0v) is 16.5. The third-order valence-corrected chi connectivity index (χ3v) is 7.11. The molecule has 4 aliphatic carbocycles. The van der Waals surface area contributed by atoms with Crippen LogP contribution in [0.25, 0.3) is 0 Å². The fourth-order valence-corrected chi connectivity index (χ4v) is 6.71. The molecule has 5 rings (SSSR count). The van der Waals surface area contributed by atoms with Crippen LogP contribution >= 0.6 is 0 Å². The van der Waals surface area contributed by atoms with Crippen LogP contribution in [-0.4, -0.2) is 57.1 Å². The number of likely N-dealkylation sites (tertiary alicyclic amines) is 1. The predicted molar refractivity (Wildman–Crippen MR) is 98.3 cm³/mol. The average molecular weight is 380 g/mol. The number of aliphatic hydroxyl groups is 1. The average Bonchev–Trinajstić information content (AvgIpc) is 2.86. The number of hydrogen-bond donors (Lipinski definition) is 3. The second-order valence-electron chi connectivity index (χ2n) is 10.3. The molecule has 0 spiro atoms. The van der Waals surface area contributed by atoms with E-state index in [1.54, 1.807) is 0 Å². The van der Waals surface area contributed by atoms with Gasteiger partial charge < -0.3 is 25.2 Å². The number of carbonyl (C=O) groups is 2. The topological polar surface area (TPSA) is 99.1 Å². The highest BCUT2D eigenvalue weighted by atomic mass is 16.6. The molecular formula is C20H32N2O5. The van der Waals surface area contributed by atoms with Crippen molar-refractivity contribution in [3.05, 3.63) is 0 Å². The lowest BCUT2D eigenvalue weighted by Crippen LogP contribution is -2.62. The van der Waals surface area contributed by atoms with Crippen LogP contribution in [0.5, 0.6) is 0 Å². The summed E-state index contributed by atoms with van der Waals surface area (Å²) in [6, 6.07) is -0.457. The first-order valence-corrected chi connectivity index (χ1v) is 10.3. The van der Waals surface area contributed by atoms with Crippen molar-refractivity contribution in [1.29, 1.82) is 0 Å². The molecule has 1 heterocycles. The summed E-state index contributed by atoms with van der Waals surface area (Å²) in [6.07, 6.45) is 3.81. The first-order chi connectivity index (χ1) is 12.5. The maximum Gasteiger partial charge on any atom is 0.407 e. The Balaban J connectivity index is 1.55. The molecule has 152 valence electrons. The lowest BCUT2D eigenvalue weighted by Gasteiger charge is -2.60. The lowest BCUT2D eigenvalue weighted by atomic mass is 9.48. The zero-order valence-electron chi connectivity index (χ0n) is 16.5. The van der Waals surface area contributed by atoms with Gasteiger partial charge in [0.25, 0.3) is 0 Å². The van der Waals surface area contributed by atoms with Crippen LogP contribution in [0.3, 0.4) is 0 Å². The molecule has 0 radical (unpaired) electrons. The van der Waals surface area contributed by atoms with E-state index in [1.807, 2.05) is 20.8 Å². The molecule has 27 heavy (non-hydrogen) atoms. The quantitative estimate of drug-likeness (QED) is 0.684. The zero-order chi connectivity index (χ0) is 19.6. The molecule has 7 heteroatoms.